The molecule has 0 radical (unpaired) electrons. The molecule has 0 aliphatic carbocycles. The molecule has 4 heteroatoms. The van der Waals surface area contributed by atoms with Gasteiger partial charge in [0, 0.05) is 23.1 Å². The second-order valence-electron chi connectivity index (χ2n) is 3.74. The van der Waals surface area contributed by atoms with Gasteiger partial charge in [0.05, 0.1) is 6.10 Å². The average Bonchev–Trinajstić information content (AvgIpc) is 2.65. The summed E-state index contributed by atoms with van der Waals surface area (Å²) >= 11 is 1.54. The Hall–Kier alpha value is -1.39. The predicted octanol–water partition coefficient (Wildman–Crippen LogP) is 2.44. The lowest BCUT2D eigenvalue weighted by atomic mass is 10.2. The van der Waals surface area contributed by atoms with Crippen LogP contribution in [0.3, 0.4) is 0 Å². The number of rotatable bonds is 3. The smallest absolute Gasteiger partial charge is 0.123 e. The zero-order valence-corrected chi connectivity index (χ0v) is 9.74. The molecule has 0 amide bonds. The maximum absolute atomic E-state index is 9.36. The Labute approximate surface area is 98.0 Å². The quantitative estimate of drug-likeness (QED) is 0.859. The Balaban J connectivity index is 2.24. The average molecular weight is 235 g/mol. The fourth-order valence-electron chi connectivity index (χ4n) is 1.47. The predicted molar refractivity (Wildman–Crippen MR) is 64.6 cm³/mol. The third-order valence-corrected chi connectivity index (χ3v) is 3.21. The zero-order valence-electron chi connectivity index (χ0n) is 8.92. The highest BCUT2D eigenvalue weighted by atomic mass is 32.1. The van der Waals surface area contributed by atoms with Crippen molar-refractivity contribution in [2.45, 2.75) is 19.4 Å². The van der Waals surface area contributed by atoms with Crippen LogP contribution in [-0.2, 0) is 6.42 Å². The number of phenols is 1. The Kier molecular flexibility index (Phi) is 3.22. The molecule has 16 heavy (non-hydrogen) atoms. The lowest BCUT2D eigenvalue weighted by Crippen LogP contribution is -2.01. The van der Waals surface area contributed by atoms with Crippen LogP contribution in [-0.4, -0.2) is 21.3 Å². The third kappa shape index (κ3) is 2.59. The molecule has 0 saturated carbocycles. The number of phenolic OH excluding ortho intramolecular Hbond substituents is 1. The number of hydrogen-bond acceptors (Lipinski definition) is 4. The summed E-state index contributed by atoms with van der Waals surface area (Å²) in [7, 11) is 0. The lowest BCUT2D eigenvalue weighted by Gasteiger charge is -1.99. The molecular formula is C12H13NO2S. The summed E-state index contributed by atoms with van der Waals surface area (Å²) in [5, 5.41) is 19.5. The van der Waals surface area contributed by atoms with Gasteiger partial charge in [-0.2, -0.15) is 0 Å². The van der Waals surface area contributed by atoms with Gasteiger partial charge in [0.2, 0.25) is 0 Å². The first-order chi connectivity index (χ1) is 7.65. The number of hydrogen-bond donors (Lipinski definition) is 2. The van der Waals surface area contributed by atoms with E-state index in [-0.39, 0.29) is 11.9 Å². The maximum atomic E-state index is 9.36. The molecule has 2 rings (SSSR count). The molecule has 3 nitrogen and oxygen atoms in total. The van der Waals surface area contributed by atoms with Crippen LogP contribution in [0.2, 0.25) is 0 Å². The Morgan fingerprint density at radius 1 is 1.44 bits per heavy atom. The molecule has 0 saturated heterocycles. The summed E-state index contributed by atoms with van der Waals surface area (Å²) in [6.45, 7) is 1.76. The first kappa shape index (κ1) is 11.1. The van der Waals surface area contributed by atoms with Crippen molar-refractivity contribution in [2.24, 2.45) is 0 Å². The normalized spacial score (nSPS) is 12.6. The number of thiazole rings is 1. The number of aromatic hydroxyl groups is 1. The minimum atomic E-state index is -0.350. The van der Waals surface area contributed by atoms with Crippen molar-refractivity contribution in [3.8, 4) is 16.3 Å². The fraction of sp³-hybridized carbons (Fsp3) is 0.250. The third-order valence-electron chi connectivity index (χ3n) is 2.14. The second-order valence-corrected chi connectivity index (χ2v) is 4.85. The molecule has 0 aliphatic heterocycles. The molecule has 2 N–H and O–H groups in total. The summed E-state index contributed by atoms with van der Waals surface area (Å²) in [4.78, 5) is 5.33. The maximum Gasteiger partial charge on any atom is 0.123 e. The van der Waals surface area contributed by atoms with E-state index in [2.05, 4.69) is 4.98 Å². The molecule has 0 bridgehead atoms. The largest absolute Gasteiger partial charge is 0.508 e. The van der Waals surface area contributed by atoms with E-state index in [1.807, 2.05) is 6.07 Å². The minimum absolute atomic E-state index is 0.241. The van der Waals surface area contributed by atoms with Crippen molar-refractivity contribution in [1.29, 1.82) is 0 Å². The molecule has 84 valence electrons. The van der Waals surface area contributed by atoms with Crippen LogP contribution in [0.1, 0.15) is 11.8 Å². The fourth-order valence-corrected chi connectivity index (χ4v) is 2.49. The second kappa shape index (κ2) is 4.63. The van der Waals surface area contributed by atoms with Gasteiger partial charge in [0.1, 0.15) is 10.8 Å². The lowest BCUT2D eigenvalue weighted by molar-refractivity contribution is 0.196. The molecule has 1 aromatic heterocycles. The summed E-state index contributed by atoms with van der Waals surface area (Å²) in [6.07, 6.45) is 2.05. The molecule has 1 atom stereocenters. The van der Waals surface area contributed by atoms with Gasteiger partial charge in [-0.1, -0.05) is 12.1 Å². The van der Waals surface area contributed by atoms with Gasteiger partial charge in [-0.3, -0.25) is 0 Å². The molecule has 0 spiro atoms. The number of aliphatic hydroxyl groups excluding tert-OH is 1. The Bertz CT molecular complexity index is 479. The highest BCUT2D eigenvalue weighted by Crippen LogP contribution is 2.27. The van der Waals surface area contributed by atoms with E-state index >= 15 is 0 Å². The van der Waals surface area contributed by atoms with E-state index in [9.17, 15) is 10.2 Å². The monoisotopic (exact) mass is 235 g/mol. The van der Waals surface area contributed by atoms with Gasteiger partial charge in [0.25, 0.3) is 0 Å². The zero-order chi connectivity index (χ0) is 11.5. The van der Waals surface area contributed by atoms with Crippen LogP contribution in [0.15, 0.2) is 30.5 Å². The van der Waals surface area contributed by atoms with Crippen LogP contribution >= 0.6 is 11.3 Å². The highest BCUT2D eigenvalue weighted by molar-refractivity contribution is 7.15. The Morgan fingerprint density at radius 2 is 2.25 bits per heavy atom. The summed E-state index contributed by atoms with van der Waals surface area (Å²) in [6, 6.07) is 7.02. The van der Waals surface area contributed by atoms with Gasteiger partial charge in [-0.15, -0.1) is 11.3 Å². The van der Waals surface area contributed by atoms with Crippen molar-refractivity contribution in [3.63, 3.8) is 0 Å². The first-order valence-electron chi connectivity index (χ1n) is 5.07. The number of nitrogens with zero attached hydrogens (tertiary/aromatic N) is 1. The van der Waals surface area contributed by atoms with Gasteiger partial charge in [0.15, 0.2) is 0 Å². The van der Waals surface area contributed by atoms with E-state index in [0.717, 1.165) is 15.4 Å². The van der Waals surface area contributed by atoms with Gasteiger partial charge in [-0.25, -0.2) is 4.98 Å². The summed E-state index contributed by atoms with van der Waals surface area (Å²) in [5.41, 5.74) is 0.904. The van der Waals surface area contributed by atoms with Crippen LogP contribution in [0.25, 0.3) is 10.6 Å². The van der Waals surface area contributed by atoms with Gasteiger partial charge < -0.3 is 10.2 Å². The van der Waals surface area contributed by atoms with Crippen molar-refractivity contribution in [2.75, 3.05) is 0 Å². The van der Waals surface area contributed by atoms with Crippen LogP contribution in [0.5, 0.6) is 5.75 Å². The van der Waals surface area contributed by atoms with Gasteiger partial charge >= 0.3 is 0 Å². The van der Waals surface area contributed by atoms with E-state index in [1.54, 1.807) is 42.7 Å². The van der Waals surface area contributed by atoms with Gasteiger partial charge in [-0.05, 0) is 19.1 Å². The van der Waals surface area contributed by atoms with E-state index in [4.69, 9.17) is 0 Å². The molecule has 0 fully saturated rings. The Morgan fingerprint density at radius 3 is 2.94 bits per heavy atom. The molecule has 2 aromatic rings. The first-order valence-corrected chi connectivity index (χ1v) is 5.89. The minimum Gasteiger partial charge on any atom is -0.508 e. The molecule has 1 unspecified atom stereocenters. The molecule has 1 aromatic carbocycles. The van der Waals surface area contributed by atoms with E-state index < -0.39 is 0 Å². The molecule has 1 heterocycles. The van der Waals surface area contributed by atoms with E-state index in [1.165, 1.54) is 0 Å². The van der Waals surface area contributed by atoms with Crippen LogP contribution in [0.4, 0.5) is 0 Å². The van der Waals surface area contributed by atoms with Crippen molar-refractivity contribution < 1.29 is 10.2 Å². The number of aromatic nitrogens is 1. The highest BCUT2D eigenvalue weighted by Gasteiger charge is 2.07. The number of benzene rings is 1. The van der Waals surface area contributed by atoms with Crippen molar-refractivity contribution in [3.05, 3.63) is 35.3 Å². The molecule has 0 aliphatic rings. The summed E-state index contributed by atoms with van der Waals surface area (Å²) in [5.74, 6) is 0.241. The van der Waals surface area contributed by atoms with Crippen molar-refractivity contribution in [1.82, 2.24) is 4.98 Å². The van der Waals surface area contributed by atoms with E-state index in [0.29, 0.717) is 6.42 Å². The topological polar surface area (TPSA) is 53.4 Å². The van der Waals surface area contributed by atoms with Crippen LogP contribution in [0, 0.1) is 0 Å². The molecular weight excluding hydrogens is 222 g/mol. The SMILES string of the molecule is CC(O)Cc1cnc(-c2cccc(O)c2)s1. The number of aliphatic hydroxyl groups is 1. The standard InChI is InChI=1S/C12H13NO2S/c1-8(14)5-11-7-13-12(16-11)9-3-2-4-10(15)6-9/h2-4,6-8,14-15H,5H2,1H3. The van der Waals surface area contributed by atoms with Crippen molar-refractivity contribution >= 4 is 11.3 Å². The van der Waals surface area contributed by atoms with Crippen LogP contribution < -0.4 is 0 Å². The summed E-state index contributed by atoms with van der Waals surface area (Å²) < 4.78 is 0.